The molecule has 1 heterocycles. The van der Waals surface area contributed by atoms with Crippen LogP contribution < -0.4 is 5.32 Å². The topological polar surface area (TPSA) is 90.9 Å². The van der Waals surface area contributed by atoms with Crippen molar-refractivity contribution in [2.24, 2.45) is 7.05 Å². The van der Waals surface area contributed by atoms with Gasteiger partial charge >= 0.3 is 5.97 Å². The molecule has 98 valence electrons. The summed E-state index contributed by atoms with van der Waals surface area (Å²) in [6.07, 6.45) is 1.65. The van der Waals surface area contributed by atoms with E-state index in [1.54, 1.807) is 18.7 Å². The van der Waals surface area contributed by atoms with Gasteiger partial charge in [-0.15, -0.1) is 0 Å². The number of nitrogens with one attached hydrogen (secondary N) is 1. The third-order valence-electron chi connectivity index (χ3n) is 2.73. The van der Waals surface area contributed by atoms with Crippen LogP contribution in [0.3, 0.4) is 0 Å². The Morgan fingerprint density at radius 1 is 1.67 bits per heavy atom. The Kier molecular flexibility index (Phi) is 4.72. The van der Waals surface area contributed by atoms with Crippen molar-refractivity contribution in [3.05, 3.63) is 11.3 Å². The lowest BCUT2D eigenvalue weighted by Crippen LogP contribution is -2.24. The van der Waals surface area contributed by atoms with Crippen LogP contribution in [0.25, 0.3) is 0 Å². The third-order valence-corrected chi connectivity index (χ3v) is 2.73. The van der Waals surface area contributed by atoms with E-state index in [1.807, 2.05) is 6.92 Å². The number of anilines is 1. The zero-order valence-electron chi connectivity index (χ0n) is 10.9. The molecule has 2 N–H and O–H groups in total. The monoisotopic (exact) mass is 250 g/mol. The molecule has 0 radical (unpaired) electrons. The van der Waals surface area contributed by atoms with Crippen molar-refractivity contribution in [1.82, 2.24) is 9.78 Å². The summed E-state index contributed by atoms with van der Waals surface area (Å²) in [6, 6.07) is 1.91. The predicted octanol–water partition coefficient (Wildman–Crippen LogP) is 1.66. The Hall–Kier alpha value is -2.03. The number of nitriles is 1. The van der Waals surface area contributed by atoms with Crippen molar-refractivity contribution in [1.29, 1.82) is 5.26 Å². The van der Waals surface area contributed by atoms with Gasteiger partial charge in [0.05, 0.1) is 12.1 Å². The lowest BCUT2D eigenvalue weighted by atomic mass is 10.1. The summed E-state index contributed by atoms with van der Waals surface area (Å²) in [7, 11) is 1.74. The van der Waals surface area contributed by atoms with Gasteiger partial charge in [-0.3, -0.25) is 9.48 Å². The molecule has 1 unspecified atom stereocenters. The van der Waals surface area contributed by atoms with E-state index in [9.17, 15) is 4.79 Å². The van der Waals surface area contributed by atoms with Crippen molar-refractivity contribution >= 4 is 11.8 Å². The lowest BCUT2D eigenvalue weighted by molar-refractivity contribution is -0.137. The van der Waals surface area contributed by atoms with E-state index in [2.05, 4.69) is 16.5 Å². The van der Waals surface area contributed by atoms with Crippen LogP contribution in [0.2, 0.25) is 0 Å². The average Bonchev–Trinajstić information content (AvgIpc) is 2.53. The van der Waals surface area contributed by atoms with Crippen molar-refractivity contribution in [2.75, 3.05) is 5.32 Å². The first-order valence-corrected chi connectivity index (χ1v) is 5.91. The van der Waals surface area contributed by atoms with E-state index < -0.39 is 5.97 Å². The second kappa shape index (κ2) is 6.05. The summed E-state index contributed by atoms with van der Waals surface area (Å²) in [5.41, 5.74) is 1.12. The van der Waals surface area contributed by atoms with Crippen LogP contribution in [0.4, 0.5) is 5.82 Å². The molecule has 6 nitrogen and oxygen atoms in total. The highest BCUT2D eigenvalue weighted by Crippen LogP contribution is 2.20. The fourth-order valence-electron chi connectivity index (χ4n) is 1.94. The summed E-state index contributed by atoms with van der Waals surface area (Å²) in [5, 5.41) is 25.2. The quantitative estimate of drug-likeness (QED) is 0.801. The summed E-state index contributed by atoms with van der Waals surface area (Å²) in [6.45, 7) is 3.76. The number of carboxylic acids is 1. The largest absolute Gasteiger partial charge is 0.481 e. The molecule has 0 saturated heterocycles. The first kappa shape index (κ1) is 14.0. The zero-order valence-corrected chi connectivity index (χ0v) is 10.9. The van der Waals surface area contributed by atoms with Gasteiger partial charge in [-0.2, -0.15) is 10.4 Å². The predicted molar refractivity (Wildman–Crippen MR) is 67.2 cm³/mol. The number of aromatic nitrogens is 2. The van der Waals surface area contributed by atoms with Gasteiger partial charge in [0.25, 0.3) is 0 Å². The molecule has 0 aromatic carbocycles. The molecule has 18 heavy (non-hydrogen) atoms. The molecule has 6 heteroatoms. The SMILES string of the molecule is CCCC(CC(=O)O)Nc1c(C#N)c(C)nn1C. The van der Waals surface area contributed by atoms with E-state index in [1.165, 1.54) is 0 Å². The Bertz CT molecular complexity index is 473. The molecule has 0 amide bonds. The number of carboxylic acid groups (broad SMARTS) is 1. The van der Waals surface area contributed by atoms with Crippen LogP contribution in [0.15, 0.2) is 0 Å². The van der Waals surface area contributed by atoms with Gasteiger partial charge in [-0.25, -0.2) is 0 Å². The number of rotatable bonds is 6. The summed E-state index contributed by atoms with van der Waals surface area (Å²) >= 11 is 0. The number of aliphatic carboxylic acids is 1. The van der Waals surface area contributed by atoms with Gasteiger partial charge in [-0.1, -0.05) is 13.3 Å². The Labute approximate surface area is 106 Å². The van der Waals surface area contributed by atoms with Crippen LogP contribution in [0, 0.1) is 18.3 Å². The molecular weight excluding hydrogens is 232 g/mol. The number of nitrogens with zero attached hydrogens (tertiary/aromatic N) is 3. The number of aryl methyl sites for hydroxylation is 2. The summed E-state index contributed by atoms with van der Waals surface area (Å²) in [4.78, 5) is 10.8. The lowest BCUT2D eigenvalue weighted by Gasteiger charge is -2.17. The van der Waals surface area contributed by atoms with Crippen LogP contribution >= 0.6 is 0 Å². The minimum atomic E-state index is -0.849. The highest BCUT2D eigenvalue weighted by atomic mass is 16.4. The first-order valence-electron chi connectivity index (χ1n) is 5.91. The molecule has 0 spiro atoms. The highest BCUT2D eigenvalue weighted by molar-refractivity contribution is 5.68. The van der Waals surface area contributed by atoms with Crippen LogP contribution in [0.1, 0.15) is 37.4 Å². The van der Waals surface area contributed by atoms with E-state index in [0.717, 1.165) is 12.8 Å². The molecule has 0 aliphatic carbocycles. The maximum absolute atomic E-state index is 10.8. The fraction of sp³-hybridized carbons (Fsp3) is 0.583. The molecule has 1 aromatic heterocycles. The standard InChI is InChI=1S/C12H18N4O2/c1-4-5-9(6-11(17)18)14-12-10(7-13)8(2)15-16(12)3/h9,14H,4-6H2,1-3H3,(H,17,18). The zero-order chi connectivity index (χ0) is 13.7. The van der Waals surface area contributed by atoms with E-state index in [-0.39, 0.29) is 12.5 Å². The maximum atomic E-state index is 10.8. The molecule has 0 aliphatic heterocycles. The number of carbonyl (C=O) groups is 1. The molecular formula is C12H18N4O2. The van der Waals surface area contributed by atoms with Gasteiger partial charge < -0.3 is 10.4 Å². The first-order chi connectivity index (χ1) is 8.49. The minimum absolute atomic E-state index is 0.0307. The average molecular weight is 250 g/mol. The second-order valence-corrected chi connectivity index (χ2v) is 4.27. The Balaban J connectivity index is 2.93. The molecule has 0 bridgehead atoms. The van der Waals surface area contributed by atoms with Crippen molar-refractivity contribution in [3.8, 4) is 6.07 Å². The van der Waals surface area contributed by atoms with Crippen LogP contribution in [0.5, 0.6) is 0 Å². The van der Waals surface area contributed by atoms with Gasteiger partial charge in [0.15, 0.2) is 0 Å². The number of hydrogen-bond acceptors (Lipinski definition) is 4. The van der Waals surface area contributed by atoms with Crippen molar-refractivity contribution in [3.63, 3.8) is 0 Å². The van der Waals surface area contributed by atoms with Crippen molar-refractivity contribution < 1.29 is 9.90 Å². The highest BCUT2D eigenvalue weighted by Gasteiger charge is 2.18. The van der Waals surface area contributed by atoms with Crippen LogP contribution in [-0.4, -0.2) is 26.9 Å². The van der Waals surface area contributed by atoms with E-state index in [4.69, 9.17) is 10.4 Å². The third kappa shape index (κ3) is 3.23. The molecule has 1 rings (SSSR count). The van der Waals surface area contributed by atoms with Crippen LogP contribution in [-0.2, 0) is 11.8 Å². The normalized spacial score (nSPS) is 11.9. The number of hydrogen-bond donors (Lipinski definition) is 2. The fourth-order valence-corrected chi connectivity index (χ4v) is 1.94. The van der Waals surface area contributed by atoms with Gasteiger partial charge in [0.1, 0.15) is 17.5 Å². The Morgan fingerprint density at radius 2 is 2.33 bits per heavy atom. The summed E-state index contributed by atoms with van der Waals surface area (Å²) in [5.74, 6) is -0.256. The van der Waals surface area contributed by atoms with E-state index >= 15 is 0 Å². The van der Waals surface area contributed by atoms with Crippen molar-refractivity contribution in [2.45, 2.75) is 39.2 Å². The molecule has 0 aliphatic rings. The summed E-state index contributed by atoms with van der Waals surface area (Å²) < 4.78 is 1.58. The second-order valence-electron chi connectivity index (χ2n) is 4.27. The molecule has 1 aromatic rings. The van der Waals surface area contributed by atoms with Gasteiger partial charge in [0.2, 0.25) is 0 Å². The van der Waals surface area contributed by atoms with E-state index in [0.29, 0.717) is 17.1 Å². The molecule has 0 saturated carbocycles. The molecule has 1 atom stereocenters. The molecule has 0 fully saturated rings. The van der Waals surface area contributed by atoms with Gasteiger partial charge in [-0.05, 0) is 13.3 Å². The maximum Gasteiger partial charge on any atom is 0.305 e. The Morgan fingerprint density at radius 3 is 2.83 bits per heavy atom. The van der Waals surface area contributed by atoms with Gasteiger partial charge in [0, 0.05) is 13.1 Å². The smallest absolute Gasteiger partial charge is 0.305 e. The minimum Gasteiger partial charge on any atom is -0.481 e.